The zero-order chi connectivity index (χ0) is 26.0. The molecule has 2 heterocycles. The third-order valence-electron chi connectivity index (χ3n) is 6.31. The Hall–Kier alpha value is -2.79. The highest BCUT2D eigenvalue weighted by Gasteiger charge is 2.36. The van der Waals surface area contributed by atoms with Crippen LogP contribution in [0.1, 0.15) is 41.0 Å². The first-order valence-electron chi connectivity index (χ1n) is 11.5. The maximum Gasteiger partial charge on any atom is 0.289 e. The van der Waals surface area contributed by atoms with E-state index in [2.05, 4.69) is 0 Å². The quantitative estimate of drug-likeness (QED) is 0.285. The van der Waals surface area contributed by atoms with E-state index in [1.54, 1.807) is 16.2 Å². The van der Waals surface area contributed by atoms with E-state index in [1.165, 1.54) is 17.0 Å². The summed E-state index contributed by atoms with van der Waals surface area (Å²) in [6, 6.07) is 13.0. The van der Waals surface area contributed by atoms with Crippen LogP contribution in [-0.2, 0) is 21.2 Å². The van der Waals surface area contributed by atoms with Crippen molar-refractivity contribution in [2.24, 2.45) is 0 Å². The summed E-state index contributed by atoms with van der Waals surface area (Å²) in [5.74, 6) is -0.319. The summed E-state index contributed by atoms with van der Waals surface area (Å²) in [6.45, 7) is 4.01. The number of rotatable bonds is 8. The molecule has 1 aromatic heterocycles. The predicted molar refractivity (Wildman–Crippen MR) is 140 cm³/mol. The minimum Gasteiger partial charge on any atom is -0.330 e. The fourth-order valence-electron chi connectivity index (χ4n) is 4.53. The molecule has 0 spiro atoms. The molecule has 0 radical (unpaired) electrons. The fraction of sp³-hybridized carbons (Fsp3) is 0.320. The van der Waals surface area contributed by atoms with Crippen LogP contribution in [0.3, 0.4) is 0 Å². The predicted octanol–water partition coefficient (Wildman–Crippen LogP) is 5.19. The first kappa shape index (κ1) is 26.3. The van der Waals surface area contributed by atoms with Gasteiger partial charge in [-0.15, -0.1) is 11.3 Å². The van der Waals surface area contributed by atoms with Crippen LogP contribution in [0, 0.1) is 17.0 Å². The van der Waals surface area contributed by atoms with Gasteiger partial charge >= 0.3 is 0 Å². The highest BCUT2D eigenvalue weighted by molar-refractivity contribution is 7.89. The first-order valence-corrected chi connectivity index (χ1v) is 14.2. The lowest BCUT2D eigenvalue weighted by Crippen LogP contribution is -2.47. The van der Waals surface area contributed by atoms with Gasteiger partial charge in [0.2, 0.25) is 15.9 Å². The molecule has 36 heavy (non-hydrogen) atoms. The van der Waals surface area contributed by atoms with Gasteiger partial charge in [0.1, 0.15) is 5.02 Å². The van der Waals surface area contributed by atoms with Crippen LogP contribution < -0.4 is 0 Å². The monoisotopic (exact) mass is 547 g/mol. The number of nitro benzene ring substituents is 1. The molecule has 1 aliphatic heterocycles. The fourth-order valence-corrected chi connectivity index (χ4v) is 7.12. The summed E-state index contributed by atoms with van der Waals surface area (Å²) in [5.41, 5.74) is 2.61. The molecule has 0 N–H and O–H groups in total. The van der Waals surface area contributed by atoms with Gasteiger partial charge in [-0.25, -0.2) is 8.42 Å². The van der Waals surface area contributed by atoms with E-state index in [0.29, 0.717) is 19.4 Å². The molecule has 4 rings (SSSR count). The Balaban J connectivity index is 1.68. The van der Waals surface area contributed by atoms with Crippen LogP contribution in [0.25, 0.3) is 0 Å². The lowest BCUT2D eigenvalue weighted by molar-refractivity contribution is -0.384. The number of nitrogens with zero attached hydrogens (tertiary/aromatic N) is 3. The molecule has 190 valence electrons. The number of thiophene rings is 1. The summed E-state index contributed by atoms with van der Waals surface area (Å²) >= 11 is 7.54. The lowest BCUT2D eigenvalue weighted by Gasteiger charge is -2.38. The minimum atomic E-state index is -4.18. The standard InChI is InChI=1S/C25H26ClN3O5S2/c1-3-12-27(36(33,34)18-8-9-21(26)22(15-18)29(31)32)16-24(30)28-13-10-23-20(11-14-35-23)25(28)19-7-5-4-6-17(19)2/h4-9,11,14-15,25H,3,10,12-13,16H2,1-2H3. The number of sulfonamides is 1. The van der Waals surface area contributed by atoms with Gasteiger partial charge < -0.3 is 4.90 Å². The number of halogens is 1. The van der Waals surface area contributed by atoms with Crippen LogP contribution in [0.15, 0.2) is 58.8 Å². The molecule has 8 nitrogen and oxygen atoms in total. The highest BCUT2D eigenvalue weighted by atomic mass is 35.5. The Morgan fingerprint density at radius 2 is 1.97 bits per heavy atom. The van der Waals surface area contributed by atoms with Crippen molar-refractivity contribution in [2.75, 3.05) is 19.6 Å². The van der Waals surface area contributed by atoms with Crippen molar-refractivity contribution >= 4 is 44.6 Å². The van der Waals surface area contributed by atoms with Crippen LogP contribution in [-0.4, -0.2) is 48.1 Å². The van der Waals surface area contributed by atoms with E-state index < -0.39 is 20.6 Å². The molecule has 0 fully saturated rings. The molecule has 0 saturated heterocycles. The molecule has 0 bridgehead atoms. The van der Waals surface area contributed by atoms with Crippen LogP contribution in [0.4, 0.5) is 5.69 Å². The van der Waals surface area contributed by atoms with Gasteiger partial charge in [-0.1, -0.05) is 42.8 Å². The van der Waals surface area contributed by atoms with Gasteiger partial charge in [-0.2, -0.15) is 4.31 Å². The molecular formula is C25H26ClN3O5S2. The summed E-state index contributed by atoms with van der Waals surface area (Å²) in [7, 11) is -4.18. The van der Waals surface area contributed by atoms with Gasteiger partial charge in [-0.05, 0) is 60.0 Å². The minimum absolute atomic E-state index is 0.0943. The number of aryl methyl sites for hydroxylation is 1. The van der Waals surface area contributed by atoms with Gasteiger partial charge in [0.15, 0.2) is 0 Å². The van der Waals surface area contributed by atoms with E-state index in [0.717, 1.165) is 27.1 Å². The molecule has 1 aliphatic rings. The van der Waals surface area contributed by atoms with Crippen LogP contribution in [0.5, 0.6) is 0 Å². The second kappa shape index (κ2) is 10.7. The Bertz CT molecular complexity index is 1410. The van der Waals surface area contributed by atoms with E-state index in [-0.39, 0.29) is 35.0 Å². The first-order chi connectivity index (χ1) is 17.1. The zero-order valence-corrected chi connectivity index (χ0v) is 22.3. The van der Waals surface area contributed by atoms with E-state index in [9.17, 15) is 23.3 Å². The Kier molecular flexibility index (Phi) is 7.79. The zero-order valence-electron chi connectivity index (χ0n) is 19.9. The normalized spacial score (nSPS) is 15.7. The second-order valence-corrected chi connectivity index (χ2v) is 12.0. The van der Waals surface area contributed by atoms with Crippen molar-refractivity contribution in [1.82, 2.24) is 9.21 Å². The average molecular weight is 548 g/mol. The summed E-state index contributed by atoms with van der Waals surface area (Å²) in [5, 5.41) is 13.2. The molecule has 3 aromatic rings. The summed E-state index contributed by atoms with van der Waals surface area (Å²) < 4.78 is 28.1. The maximum absolute atomic E-state index is 13.7. The molecule has 11 heteroatoms. The number of fused-ring (bicyclic) bond motifs is 1. The van der Waals surface area contributed by atoms with Gasteiger partial charge in [0.25, 0.3) is 5.69 Å². The number of hydrogen-bond acceptors (Lipinski definition) is 6. The van der Waals surface area contributed by atoms with Crippen molar-refractivity contribution in [3.05, 3.63) is 90.6 Å². The molecule has 1 atom stereocenters. The lowest BCUT2D eigenvalue weighted by atomic mass is 9.90. The maximum atomic E-state index is 13.7. The van der Waals surface area contributed by atoms with E-state index in [1.807, 2.05) is 49.6 Å². The van der Waals surface area contributed by atoms with Crippen molar-refractivity contribution in [2.45, 2.75) is 37.6 Å². The van der Waals surface area contributed by atoms with E-state index in [4.69, 9.17) is 11.6 Å². The molecule has 0 aliphatic carbocycles. The number of carbonyl (C=O) groups is 1. The highest BCUT2D eigenvalue weighted by Crippen LogP contribution is 2.39. The third-order valence-corrected chi connectivity index (χ3v) is 9.46. The largest absolute Gasteiger partial charge is 0.330 e. The number of benzene rings is 2. The van der Waals surface area contributed by atoms with E-state index >= 15 is 0 Å². The van der Waals surface area contributed by atoms with Crippen LogP contribution >= 0.6 is 22.9 Å². The third kappa shape index (κ3) is 5.04. The summed E-state index contributed by atoms with van der Waals surface area (Å²) in [6.07, 6.45) is 1.17. The Morgan fingerprint density at radius 3 is 2.67 bits per heavy atom. The van der Waals surface area contributed by atoms with Crippen molar-refractivity contribution in [3.63, 3.8) is 0 Å². The molecule has 1 unspecified atom stereocenters. The molecule has 2 aromatic carbocycles. The van der Waals surface area contributed by atoms with Gasteiger partial charge in [-0.3, -0.25) is 14.9 Å². The molecular weight excluding hydrogens is 522 g/mol. The summed E-state index contributed by atoms with van der Waals surface area (Å²) in [4.78, 5) is 27.0. The average Bonchev–Trinajstić information content (AvgIpc) is 3.32. The molecule has 1 amide bonds. The van der Waals surface area contributed by atoms with Crippen LogP contribution in [0.2, 0.25) is 5.02 Å². The van der Waals surface area contributed by atoms with Crippen molar-refractivity contribution < 1.29 is 18.1 Å². The smallest absolute Gasteiger partial charge is 0.289 e. The number of hydrogen-bond donors (Lipinski definition) is 0. The number of carbonyl (C=O) groups excluding carboxylic acids is 1. The number of nitro groups is 1. The van der Waals surface area contributed by atoms with Gasteiger partial charge in [0.05, 0.1) is 22.4 Å². The Morgan fingerprint density at radius 1 is 1.22 bits per heavy atom. The molecule has 0 saturated carbocycles. The van der Waals surface area contributed by atoms with Gasteiger partial charge in [0, 0.05) is 24.0 Å². The number of amides is 1. The SMILES string of the molecule is CCCN(CC(=O)N1CCc2sccc2C1c1ccccc1C)S(=O)(=O)c1ccc(Cl)c([N+](=O)[O-])c1. The topological polar surface area (TPSA) is 101 Å². The Labute approximate surface area is 219 Å². The van der Waals surface area contributed by atoms with Crippen molar-refractivity contribution in [1.29, 1.82) is 0 Å². The van der Waals surface area contributed by atoms with Crippen molar-refractivity contribution in [3.8, 4) is 0 Å². The second-order valence-electron chi connectivity index (χ2n) is 8.60.